The number of benzene rings is 3. The van der Waals surface area contributed by atoms with Crippen LogP contribution in [0.4, 0.5) is 5.69 Å². The minimum Gasteiger partial charge on any atom is -0.496 e. The zero-order chi connectivity index (χ0) is 24.9. The molecule has 4 rings (SSSR count). The van der Waals surface area contributed by atoms with E-state index in [0.29, 0.717) is 44.9 Å². The van der Waals surface area contributed by atoms with E-state index >= 15 is 0 Å². The summed E-state index contributed by atoms with van der Waals surface area (Å²) in [5.41, 5.74) is 5.08. The van der Waals surface area contributed by atoms with Gasteiger partial charge in [-0.05, 0) is 67.9 Å². The molecule has 0 fully saturated rings. The molecule has 3 aromatic carbocycles. The van der Waals surface area contributed by atoms with E-state index in [0.717, 1.165) is 17.0 Å². The first-order valence-corrected chi connectivity index (χ1v) is 11.7. The van der Waals surface area contributed by atoms with E-state index in [-0.39, 0.29) is 12.5 Å². The first-order valence-electron chi connectivity index (χ1n) is 11.0. The average molecular weight is 510 g/mol. The molecule has 1 aromatic heterocycles. The Morgan fingerprint density at radius 1 is 1.00 bits per heavy atom. The van der Waals surface area contributed by atoms with Crippen LogP contribution >= 0.6 is 23.2 Å². The van der Waals surface area contributed by atoms with Crippen LogP contribution in [0.15, 0.2) is 66.7 Å². The molecule has 1 N–H and O–H groups in total. The minimum absolute atomic E-state index is 0.158. The van der Waals surface area contributed by atoms with E-state index in [1.165, 1.54) is 0 Å². The molecule has 6 nitrogen and oxygen atoms in total. The molecule has 8 heteroatoms. The lowest BCUT2D eigenvalue weighted by Gasteiger charge is -2.13. The third-order valence-corrected chi connectivity index (χ3v) is 6.29. The van der Waals surface area contributed by atoms with Gasteiger partial charge in [-0.3, -0.25) is 9.48 Å². The number of hydrogen-bond acceptors (Lipinski definition) is 4. The molecule has 0 atom stereocenters. The van der Waals surface area contributed by atoms with Gasteiger partial charge in [-0.2, -0.15) is 5.10 Å². The Bertz CT molecular complexity index is 1350. The summed E-state index contributed by atoms with van der Waals surface area (Å²) in [6.07, 6.45) is 0. The van der Waals surface area contributed by atoms with Crippen molar-refractivity contribution in [2.24, 2.45) is 0 Å². The van der Waals surface area contributed by atoms with Gasteiger partial charge in [0, 0.05) is 22.5 Å². The van der Waals surface area contributed by atoms with Crippen molar-refractivity contribution in [2.45, 2.75) is 27.0 Å². The molecule has 0 aliphatic heterocycles. The molecule has 180 valence electrons. The van der Waals surface area contributed by atoms with Crippen LogP contribution in [0.3, 0.4) is 0 Å². The lowest BCUT2D eigenvalue weighted by molar-refractivity contribution is 0.102. The molecule has 0 aliphatic carbocycles. The highest BCUT2D eigenvalue weighted by Crippen LogP contribution is 2.32. The Hall–Kier alpha value is -3.48. The van der Waals surface area contributed by atoms with E-state index in [1.54, 1.807) is 43.5 Å². The molecule has 0 spiro atoms. The van der Waals surface area contributed by atoms with Crippen molar-refractivity contribution in [3.8, 4) is 11.5 Å². The van der Waals surface area contributed by atoms with Crippen molar-refractivity contribution in [1.82, 2.24) is 9.78 Å². The van der Waals surface area contributed by atoms with Crippen molar-refractivity contribution in [1.29, 1.82) is 0 Å². The fraction of sp³-hybridized carbons (Fsp3) is 0.185. The topological polar surface area (TPSA) is 65.4 Å². The summed E-state index contributed by atoms with van der Waals surface area (Å²) in [6.45, 7) is 4.84. The number of hydrogen-bond donors (Lipinski definition) is 1. The van der Waals surface area contributed by atoms with Crippen LogP contribution in [-0.4, -0.2) is 22.8 Å². The standard InChI is InChI=1S/C27H25Cl2N3O3/c1-17-13-18(2)32(31-17)15-19-7-10-22(11-8-19)30-27(33)20-9-12-24(34-3)21(14-20)16-35-25-6-4-5-23(28)26(25)29/h4-14H,15-16H2,1-3H3,(H,30,33). The second-order valence-corrected chi connectivity index (χ2v) is 8.89. The number of carbonyl (C=O) groups excluding carboxylic acids is 1. The highest BCUT2D eigenvalue weighted by molar-refractivity contribution is 6.42. The second-order valence-electron chi connectivity index (χ2n) is 8.10. The third kappa shape index (κ3) is 5.96. The lowest BCUT2D eigenvalue weighted by atomic mass is 10.1. The summed E-state index contributed by atoms with van der Waals surface area (Å²) >= 11 is 12.3. The van der Waals surface area contributed by atoms with E-state index in [9.17, 15) is 4.79 Å². The number of halogens is 2. The lowest BCUT2D eigenvalue weighted by Crippen LogP contribution is -2.13. The number of nitrogens with zero attached hydrogens (tertiary/aromatic N) is 2. The van der Waals surface area contributed by atoms with Crippen molar-refractivity contribution in [3.63, 3.8) is 0 Å². The number of nitrogens with one attached hydrogen (secondary N) is 1. The van der Waals surface area contributed by atoms with Crippen LogP contribution in [-0.2, 0) is 13.2 Å². The fourth-order valence-corrected chi connectivity index (χ4v) is 4.03. The van der Waals surface area contributed by atoms with Crippen LogP contribution < -0.4 is 14.8 Å². The highest BCUT2D eigenvalue weighted by atomic mass is 35.5. The highest BCUT2D eigenvalue weighted by Gasteiger charge is 2.13. The van der Waals surface area contributed by atoms with Crippen LogP contribution in [0.2, 0.25) is 10.0 Å². The maximum absolute atomic E-state index is 12.9. The predicted octanol–water partition coefficient (Wildman–Crippen LogP) is 6.69. The van der Waals surface area contributed by atoms with Gasteiger partial charge < -0.3 is 14.8 Å². The van der Waals surface area contributed by atoms with Gasteiger partial charge in [-0.15, -0.1) is 0 Å². The summed E-state index contributed by atoms with van der Waals surface area (Å²) in [5, 5.41) is 8.18. The molecule has 1 amide bonds. The van der Waals surface area contributed by atoms with Gasteiger partial charge in [-0.25, -0.2) is 0 Å². The van der Waals surface area contributed by atoms with Crippen LogP contribution in [0, 0.1) is 13.8 Å². The number of ether oxygens (including phenoxy) is 2. The summed E-state index contributed by atoms with van der Waals surface area (Å²) < 4.78 is 13.2. The van der Waals surface area contributed by atoms with Gasteiger partial charge in [0.2, 0.25) is 0 Å². The molecule has 0 saturated heterocycles. The molecular formula is C27H25Cl2N3O3. The molecule has 1 heterocycles. The number of amides is 1. The number of anilines is 1. The molecular weight excluding hydrogens is 485 g/mol. The van der Waals surface area contributed by atoms with Gasteiger partial charge in [0.05, 0.1) is 24.4 Å². The van der Waals surface area contributed by atoms with Gasteiger partial charge >= 0.3 is 0 Å². The Labute approximate surface area is 214 Å². The maximum Gasteiger partial charge on any atom is 0.255 e. The SMILES string of the molecule is COc1ccc(C(=O)Nc2ccc(Cn3nc(C)cc3C)cc2)cc1COc1cccc(Cl)c1Cl. The monoisotopic (exact) mass is 509 g/mol. The number of aromatic nitrogens is 2. The van der Waals surface area contributed by atoms with Crippen molar-refractivity contribution < 1.29 is 14.3 Å². The maximum atomic E-state index is 12.9. The Balaban J connectivity index is 1.44. The number of carbonyl (C=O) groups is 1. The van der Waals surface area contributed by atoms with Crippen LogP contribution in [0.25, 0.3) is 0 Å². The zero-order valence-electron chi connectivity index (χ0n) is 19.6. The summed E-state index contributed by atoms with van der Waals surface area (Å²) in [5.74, 6) is 0.825. The normalized spacial score (nSPS) is 10.8. The molecule has 0 radical (unpaired) electrons. The zero-order valence-corrected chi connectivity index (χ0v) is 21.2. The number of methoxy groups -OCH3 is 1. The first-order chi connectivity index (χ1) is 16.8. The van der Waals surface area contributed by atoms with Crippen LogP contribution in [0.1, 0.15) is 32.9 Å². The van der Waals surface area contributed by atoms with Gasteiger partial charge in [0.1, 0.15) is 23.1 Å². The van der Waals surface area contributed by atoms with Crippen molar-refractivity contribution in [3.05, 3.63) is 105 Å². The van der Waals surface area contributed by atoms with E-state index in [2.05, 4.69) is 10.4 Å². The summed E-state index contributed by atoms with van der Waals surface area (Å²) in [4.78, 5) is 12.9. The fourth-order valence-electron chi connectivity index (χ4n) is 3.69. The number of rotatable bonds is 8. The molecule has 0 bridgehead atoms. The Morgan fingerprint density at radius 2 is 1.77 bits per heavy atom. The van der Waals surface area contributed by atoms with E-state index in [4.69, 9.17) is 32.7 Å². The van der Waals surface area contributed by atoms with Crippen molar-refractivity contribution >= 4 is 34.8 Å². The molecule has 4 aromatic rings. The second kappa shape index (κ2) is 10.8. The van der Waals surface area contributed by atoms with Crippen LogP contribution in [0.5, 0.6) is 11.5 Å². The van der Waals surface area contributed by atoms with E-state index in [1.807, 2.05) is 48.9 Å². The molecule has 0 unspecified atom stereocenters. The van der Waals surface area contributed by atoms with Crippen molar-refractivity contribution in [2.75, 3.05) is 12.4 Å². The predicted molar refractivity (Wildman–Crippen MR) is 139 cm³/mol. The minimum atomic E-state index is -0.235. The van der Waals surface area contributed by atoms with Gasteiger partial charge in [0.15, 0.2) is 0 Å². The summed E-state index contributed by atoms with van der Waals surface area (Å²) in [6, 6.07) is 20.1. The Morgan fingerprint density at radius 3 is 2.46 bits per heavy atom. The smallest absolute Gasteiger partial charge is 0.255 e. The quantitative estimate of drug-likeness (QED) is 0.287. The molecule has 35 heavy (non-hydrogen) atoms. The van der Waals surface area contributed by atoms with Gasteiger partial charge in [0.25, 0.3) is 5.91 Å². The average Bonchev–Trinajstić information content (AvgIpc) is 3.17. The first kappa shape index (κ1) is 24.6. The number of aryl methyl sites for hydroxylation is 2. The molecule has 0 aliphatic rings. The largest absolute Gasteiger partial charge is 0.496 e. The van der Waals surface area contributed by atoms with Gasteiger partial charge in [-0.1, -0.05) is 41.4 Å². The third-order valence-electron chi connectivity index (χ3n) is 5.49. The summed E-state index contributed by atoms with van der Waals surface area (Å²) in [7, 11) is 1.57. The Kier molecular flexibility index (Phi) is 7.63. The molecule has 0 saturated carbocycles. The van der Waals surface area contributed by atoms with E-state index < -0.39 is 0 Å².